The van der Waals surface area contributed by atoms with Crippen molar-refractivity contribution in [2.75, 3.05) is 13.6 Å². The molecular formula is C13H17ClN2OS2. The van der Waals surface area contributed by atoms with Gasteiger partial charge < -0.3 is 10.2 Å². The number of nitrogens with one attached hydrogen (secondary N) is 1. The molecule has 0 aliphatic rings. The third kappa shape index (κ3) is 6.27. The molecule has 0 radical (unpaired) electrons. The maximum absolute atomic E-state index is 11.2. The Morgan fingerprint density at radius 2 is 2.05 bits per heavy atom. The molecule has 1 aromatic carbocycles. The Hall–Kier alpha value is -0.780. The first-order valence-electron chi connectivity index (χ1n) is 5.96. The summed E-state index contributed by atoms with van der Waals surface area (Å²) < 4.78 is 0.534. The number of amides is 1. The molecule has 0 aliphatic carbocycles. The van der Waals surface area contributed by atoms with E-state index < -0.39 is 0 Å². The molecule has 6 heteroatoms. The summed E-state index contributed by atoms with van der Waals surface area (Å²) in [6.45, 7) is 1.38. The Morgan fingerprint density at radius 3 is 2.58 bits per heavy atom. The molecule has 0 spiro atoms. The zero-order valence-corrected chi connectivity index (χ0v) is 13.2. The molecule has 1 aromatic rings. The summed E-state index contributed by atoms with van der Waals surface area (Å²) >= 11 is 15.2. The molecule has 0 bridgehead atoms. The maximum Gasteiger partial charge on any atom is 0.219 e. The highest BCUT2D eigenvalue weighted by Gasteiger charge is 2.08. The molecule has 0 aliphatic heterocycles. The van der Waals surface area contributed by atoms with E-state index in [-0.39, 0.29) is 5.91 Å². The van der Waals surface area contributed by atoms with Gasteiger partial charge >= 0.3 is 0 Å². The number of benzene rings is 1. The lowest BCUT2D eigenvalue weighted by atomic mass is 10.2. The van der Waals surface area contributed by atoms with Crippen molar-refractivity contribution in [2.24, 2.45) is 0 Å². The van der Waals surface area contributed by atoms with Gasteiger partial charge in [0.25, 0.3) is 0 Å². The van der Waals surface area contributed by atoms with Crippen LogP contribution in [-0.4, -0.2) is 28.7 Å². The number of nitrogens with zero attached hydrogens (tertiary/aromatic N) is 1. The SMILES string of the molecule is CNC(=O)CCCN(Cc1ccc(Cl)cc1)C(=S)S. The van der Waals surface area contributed by atoms with E-state index in [1.54, 1.807) is 7.05 Å². The minimum absolute atomic E-state index is 0.0384. The van der Waals surface area contributed by atoms with Gasteiger partial charge in [0.1, 0.15) is 4.32 Å². The first kappa shape index (κ1) is 16.3. The third-order valence-corrected chi connectivity index (χ3v) is 3.46. The first-order valence-corrected chi connectivity index (χ1v) is 7.19. The normalized spacial score (nSPS) is 10.1. The van der Waals surface area contributed by atoms with E-state index >= 15 is 0 Å². The molecule has 1 N–H and O–H groups in total. The Labute approximate surface area is 129 Å². The number of carbonyl (C=O) groups excluding carboxylic acids is 1. The van der Waals surface area contributed by atoms with Crippen LogP contribution in [0.25, 0.3) is 0 Å². The second kappa shape index (κ2) is 8.40. The topological polar surface area (TPSA) is 32.3 Å². The first-order chi connectivity index (χ1) is 9.02. The number of halogens is 1. The van der Waals surface area contributed by atoms with Gasteiger partial charge in [0, 0.05) is 31.6 Å². The standard InChI is InChI=1S/C13H17ClN2OS2/c1-15-12(17)3-2-8-16(13(18)19)9-10-4-6-11(14)7-5-10/h4-7H,2-3,8-9H2,1H3,(H,15,17)(H,18,19). The summed E-state index contributed by atoms with van der Waals surface area (Å²) in [6, 6.07) is 7.61. The molecule has 0 fully saturated rings. The fourth-order valence-corrected chi connectivity index (χ4v) is 2.06. The molecule has 0 unspecified atom stereocenters. The van der Waals surface area contributed by atoms with Gasteiger partial charge in [0.05, 0.1) is 0 Å². The molecule has 104 valence electrons. The maximum atomic E-state index is 11.2. The van der Waals surface area contributed by atoms with Crippen molar-refractivity contribution in [3.63, 3.8) is 0 Å². The van der Waals surface area contributed by atoms with E-state index in [4.69, 9.17) is 23.8 Å². The zero-order valence-electron chi connectivity index (χ0n) is 10.7. The Morgan fingerprint density at radius 1 is 1.42 bits per heavy atom. The van der Waals surface area contributed by atoms with Crippen LogP contribution in [0.1, 0.15) is 18.4 Å². The number of carbonyl (C=O) groups is 1. The van der Waals surface area contributed by atoms with E-state index in [1.165, 1.54) is 0 Å². The Balaban J connectivity index is 2.51. The molecule has 19 heavy (non-hydrogen) atoms. The third-order valence-electron chi connectivity index (χ3n) is 2.67. The van der Waals surface area contributed by atoms with Crippen molar-refractivity contribution in [3.05, 3.63) is 34.9 Å². The van der Waals surface area contributed by atoms with Crippen LogP contribution < -0.4 is 5.32 Å². The summed E-state index contributed by atoms with van der Waals surface area (Å²) in [4.78, 5) is 13.1. The quantitative estimate of drug-likeness (QED) is 0.625. The number of thiocarbonyl (C=S) groups is 1. The van der Waals surface area contributed by atoms with Crippen LogP contribution in [0.2, 0.25) is 5.02 Å². The van der Waals surface area contributed by atoms with Crippen molar-refractivity contribution in [1.82, 2.24) is 10.2 Å². The van der Waals surface area contributed by atoms with E-state index in [2.05, 4.69) is 17.9 Å². The van der Waals surface area contributed by atoms with Crippen LogP contribution in [0.3, 0.4) is 0 Å². The summed E-state index contributed by atoms with van der Waals surface area (Å²) in [7, 11) is 1.64. The number of hydrogen-bond donors (Lipinski definition) is 2. The molecule has 0 saturated carbocycles. The molecule has 1 amide bonds. The second-order valence-electron chi connectivity index (χ2n) is 4.11. The average molecular weight is 317 g/mol. The van der Waals surface area contributed by atoms with Gasteiger partial charge in [-0.15, -0.1) is 12.6 Å². The molecule has 1 rings (SSSR count). The van der Waals surface area contributed by atoms with Crippen LogP contribution in [0.15, 0.2) is 24.3 Å². The average Bonchev–Trinajstić information content (AvgIpc) is 2.39. The van der Waals surface area contributed by atoms with Crippen molar-refractivity contribution in [3.8, 4) is 0 Å². The fraction of sp³-hybridized carbons (Fsp3) is 0.385. The van der Waals surface area contributed by atoms with Crippen molar-refractivity contribution < 1.29 is 4.79 Å². The number of hydrogen-bond acceptors (Lipinski definition) is 2. The molecule has 0 saturated heterocycles. The molecular weight excluding hydrogens is 300 g/mol. The van der Waals surface area contributed by atoms with Gasteiger partial charge in [-0.3, -0.25) is 4.79 Å². The second-order valence-corrected chi connectivity index (χ2v) is 5.66. The van der Waals surface area contributed by atoms with Crippen molar-refractivity contribution >= 4 is 46.7 Å². The summed E-state index contributed by atoms with van der Waals surface area (Å²) in [6.07, 6.45) is 1.23. The fourth-order valence-electron chi connectivity index (χ4n) is 1.61. The lowest BCUT2D eigenvalue weighted by Crippen LogP contribution is -2.28. The van der Waals surface area contributed by atoms with Gasteiger partial charge in [-0.2, -0.15) is 0 Å². The van der Waals surface area contributed by atoms with Gasteiger partial charge in [-0.25, -0.2) is 0 Å². The van der Waals surface area contributed by atoms with Gasteiger partial charge in [-0.1, -0.05) is 36.0 Å². The van der Waals surface area contributed by atoms with Crippen LogP contribution in [-0.2, 0) is 11.3 Å². The van der Waals surface area contributed by atoms with E-state index in [0.717, 1.165) is 12.0 Å². The summed E-state index contributed by atoms with van der Waals surface area (Å²) in [5.41, 5.74) is 1.11. The van der Waals surface area contributed by atoms with Gasteiger partial charge in [0.15, 0.2) is 0 Å². The van der Waals surface area contributed by atoms with Crippen LogP contribution in [0, 0.1) is 0 Å². The van der Waals surface area contributed by atoms with Crippen molar-refractivity contribution in [2.45, 2.75) is 19.4 Å². The highest BCUT2D eigenvalue weighted by molar-refractivity contribution is 8.10. The van der Waals surface area contributed by atoms with E-state index in [1.807, 2.05) is 29.2 Å². The highest BCUT2D eigenvalue weighted by atomic mass is 35.5. The summed E-state index contributed by atoms with van der Waals surface area (Å²) in [5, 5.41) is 3.31. The van der Waals surface area contributed by atoms with Crippen LogP contribution >= 0.6 is 36.4 Å². The number of rotatable bonds is 6. The number of thiol groups is 1. The van der Waals surface area contributed by atoms with E-state index in [9.17, 15) is 4.79 Å². The van der Waals surface area contributed by atoms with E-state index in [0.29, 0.717) is 28.9 Å². The van der Waals surface area contributed by atoms with Gasteiger partial charge in [0.2, 0.25) is 5.91 Å². The minimum atomic E-state index is 0.0384. The highest BCUT2D eigenvalue weighted by Crippen LogP contribution is 2.13. The van der Waals surface area contributed by atoms with Gasteiger partial charge in [-0.05, 0) is 24.1 Å². The Kier molecular flexibility index (Phi) is 7.20. The Bertz CT molecular complexity index is 437. The predicted molar refractivity (Wildman–Crippen MR) is 86.7 cm³/mol. The van der Waals surface area contributed by atoms with Crippen LogP contribution in [0.5, 0.6) is 0 Å². The largest absolute Gasteiger partial charge is 0.359 e. The molecule has 0 aromatic heterocycles. The zero-order chi connectivity index (χ0) is 14.3. The molecule has 0 heterocycles. The van der Waals surface area contributed by atoms with Crippen molar-refractivity contribution in [1.29, 1.82) is 0 Å². The smallest absolute Gasteiger partial charge is 0.219 e. The molecule has 3 nitrogen and oxygen atoms in total. The predicted octanol–water partition coefficient (Wildman–Crippen LogP) is 2.88. The summed E-state index contributed by atoms with van der Waals surface area (Å²) in [5.74, 6) is 0.0384. The van der Waals surface area contributed by atoms with Crippen LogP contribution in [0.4, 0.5) is 0 Å². The molecule has 0 atom stereocenters. The monoisotopic (exact) mass is 316 g/mol. The lowest BCUT2D eigenvalue weighted by molar-refractivity contribution is -0.120. The minimum Gasteiger partial charge on any atom is -0.359 e. The lowest BCUT2D eigenvalue weighted by Gasteiger charge is -2.22.